The Morgan fingerprint density at radius 2 is 1.70 bits per heavy atom. The number of hydrogen-bond donors (Lipinski definition) is 1. The lowest BCUT2D eigenvalue weighted by Gasteiger charge is -2.59. The van der Waals surface area contributed by atoms with Crippen molar-refractivity contribution in [2.24, 2.45) is 23.2 Å². The van der Waals surface area contributed by atoms with Gasteiger partial charge in [0.1, 0.15) is 11.5 Å². The highest BCUT2D eigenvalue weighted by Gasteiger charge is 2.52. The highest BCUT2D eigenvalue weighted by atomic mass is 16.5. The minimum atomic E-state index is -0.285. The standard InChI is InChI=1S/C26H33NO3/c1-3-29-25(28)22-6-4-21(5-7-22)24-9-8-23(30-24)16-27-17(2)26-13-18-10-19(14-26)12-20(11-18)15-26/h4-9,17-20,27H,3,10-16H2,1-2H3. The zero-order valence-corrected chi connectivity index (χ0v) is 18.2. The van der Waals surface area contributed by atoms with Gasteiger partial charge in [-0.3, -0.25) is 0 Å². The van der Waals surface area contributed by atoms with Crippen LogP contribution >= 0.6 is 0 Å². The van der Waals surface area contributed by atoms with E-state index in [1.807, 2.05) is 25.1 Å². The van der Waals surface area contributed by atoms with Crippen molar-refractivity contribution in [2.45, 2.75) is 65.0 Å². The molecule has 4 aliphatic carbocycles. The summed E-state index contributed by atoms with van der Waals surface area (Å²) in [4.78, 5) is 11.8. The highest BCUT2D eigenvalue weighted by Crippen LogP contribution is 2.61. The summed E-state index contributed by atoms with van der Waals surface area (Å²) in [6.07, 6.45) is 8.73. The van der Waals surface area contributed by atoms with Gasteiger partial charge in [0.05, 0.1) is 18.7 Å². The van der Waals surface area contributed by atoms with Crippen LogP contribution in [-0.2, 0) is 11.3 Å². The predicted molar refractivity (Wildman–Crippen MR) is 117 cm³/mol. The van der Waals surface area contributed by atoms with Crippen molar-refractivity contribution in [1.29, 1.82) is 0 Å². The van der Waals surface area contributed by atoms with E-state index in [2.05, 4.69) is 18.3 Å². The fourth-order valence-corrected chi connectivity index (χ4v) is 6.79. The molecule has 4 heteroatoms. The molecule has 4 fully saturated rings. The molecular weight excluding hydrogens is 374 g/mol. The van der Waals surface area contributed by atoms with Crippen LogP contribution in [0.25, 0.3) is 11.3 Å². The molecule has 1 aromatic heterocycles. The van der Waals surface area contributed by atoms with Gasteiger partial charge >= 0.3 is 5.97 Å². The molecule has 2 aromatic rings. The minimum absolute atomic E-state index is 0.285. The molecule has 4 aliphatic rings. The maximum atomic E-state index is 11.8. The third kappa shape index (κ3) is 3.71. The summed E-state index contributed by atoms with van der Waals surface area (Å²) in [5, 5.41) is 3.80. The van der Waals surface area contributed by atoms with Gasteiger partial charge in [0.2, 0.25) is 0 Å². The first-order valence-corrected chi connectivity index (χ1v) is 11.6. The molecule has 160 valence electrons. The summed E-state index contributed by atoms with van der Waals surface area (Å²) in [6, 6.07) is 12.0. The van der Waals surface area contributed by atoms with Crippen LogP contribution in [0.5, 0.6) is 0 Å². The molecule has 0 saturated heterocycles. The Morgan fingerprint density at radius 1 is 1.07 bits per heavy atom. The number of rotatable bonds is 7. The van der Waals surface area contributed by atoms with Gasteiger partial charge < -0.3 is 14.5 Å². The van der Waals surface area contributed by atoms with Gasteiger partial charge in [0.15, 0.2) is 0 Å². The van der Waals surface area contributed by atoms with Crippen LogP contribution in [0.2, 0.25) is 0 Å². The van der Waals surface area contributed by atoms with E-state index in [1.54, 1.807) is 12.1 Å². The number of carbonyl (C=O) groups is 1. The van der Waals surface area contributed by atoms with E-state index in [9.17, 15) is 4.79 Å². The van der Waals surface area contributed by atoms with E-state index in [4.69, 9.17) is 9.15 Å². The molecule has 0 spiro atoms. The molecule has 1 atom stereocenters. The van der Waals surface area contributed by atoms with Gasteiger partial charge in [-0.15, -0.1) is 0 Å². The maximum absolute atomic E-state index is 11.8. The summed E-state index contributed by atoms with van der Waals surface area (Å²) in [5.74, 6) is 4.46. The van der Waals surface area contributed by atoms with Crippen LogP contribution in [-0.4, -0.2) is 18.6 Å². The van der Waals surface area contributed by atoms with Crippen molar-refractivity contribution < 1.29 is 13.9 Å². The van der Waals surface area contributed by atoms with E-state index < -0.39 is 0 Å². The molecule has 4 bridgehead atoms. The monoisotopic (exact) mass is 407 g/mol. The lowest BCUT2D eigenvalue weighted by atomic mass is 9.48. The van der Waals surface area contributed by atoms with E-state index in [0.29, 0.717) is 23.6 Å². The van der Waals surface area contributed by atoms with Crippen molar-refractivity contribution in [3.8, 4) is 11.3 Å². The SMILES string of the molecule is CCOC(=O)c1ccc(-c2ccc(CNC(C)C34CC5CC(CC(C5)C3)C4)o2)cc1. The fraction of sp³-hybridized carbons (Fsp3) is 0.577. The van der Waals surface area contributed by atoms with Crippen molar-refractivity contribution in [3.05, 3.63) is 47.7 Å². The van der Waals surface area contributed by atoms with Crippen LogP contribution in [0, 0.1) is 23.2 Å². The number of benzene rings is 1. The Balaban J connectivity index is 1.21. The van der Waals surface area contributed by atoms with Crippen molar-refractivity contribution in [1.82, 2.24) is 5.32 Å². The van der Waals surface area contributed by atoms with Gasteiger partial charge in [-0.25, -0.2) is 4.79 Å². The van der Waals surface area contributed by atoms with Crippen molar-refractivity contribution in [2.75, 3.05) is 6.61 Å². The first kappa shape index (κ1) is 19.9. The first-order chi connectivity index (χ1) is 14.5. The summed E-state index contributed by atoms with van der Waals surface area (Å²) in [6.45, 7) is 5.36. The van der Waals surface area contributed by atoms with E-state index >= 15 is 0 Å². The average Bonchev–Trinajstić information content (AvgIpc) is 3.20. The normalized spacial score (nSPS) is 30.4. The van der Waals surface area contributed by atoms with E-state index in [1.165, 1.54) is 38.5 Å². The molecule has 30 heavy (non-hydrogen) atoms. The Kier molecular flexibility index (Phi) is 5.22. The molecule has 1 aromatic carbocycles. The lowest BCUT2D eigenvalue weighted by Crippen LogP contribution is -2.54. The van der Waals surface area contributed by atoms with E-state index in [-0.39, 0.29) is 5.97 Å². The molecule has 1 N–H and O–H groups in total. The Labute approximate surface area is 179 Å². The minimum Gasteiger partial charge on any atom is -0.462 e. The quantitative estimate of drug-likeness (QED) is 0.588. The lowest BCUT2D eigenvalue weighted by molar-refractivity contribution is -0.0708. The van der Waals surface area contributed by atoms with Gasteiger partial charge in [0, 0.05) is 11.6 Å². The first-order valence-electron chi connectivity index (χ1n) is 11.6. The van der Waals surface area contributed by atoms with Crippen LogP contribution in [0.4, 0.5) is 0 Å². The molecule has 1 unspecified atom stereocenters. The van der Waals surface area contributed by atoms with Gasteiger partial charge in [-0.1, -0.05) is 12.1 Å². The fourth-order valence-electron chi connectivity index (χ4n) is 6.79. The maximum Gasteiger partial charge on any atom is 0.338 e. The summed E-state index contributed by atoms with van der Waals surface area (Å²) in [7, 11) is 0. The predicted octanol–water partition coefficient (Wildman–Crippen LogP) is 5.82. The Bertz CT molecular complexity index is 862. The molecule has 6 rings (SSSR count). The second-order valence-corrected chi connectivity index (χ2v) is 9.95. The topological polar surface area (TPSA) is 51.5 Å². The summed E-state index contributed by atoms with van der Waals surface area (Å²) in [5.41, 5.74) is 2.05. The van der Waals surface area contributed by atoms with Crippen molar-refractivity contribution in [3.63, 3.8) is 0 Å². The van der Waals surface area contributed by atoms with Crippen LogP contribution in [0.1, 0.15) is 68.5 Å². The molecule has 1 heterocycles. The van der Waals surface area contributed by atoms with Crippen LogP contribution < -0.4 is 5.32 Å². The number of ether oxygens (including phenoxy) is 1. The third-order valence-electron chi connectivity index (χ3n) is 7.93. The van der Waals surface area contributed by atoms with Crippen LogP contribution in [0.15, 0.2) is 40.8 Å². The average molecular weight is 408 g/mol. The van der Waals surface area contributed by atoms with Gasteiger partial charge in [0.25, 0.3) is 0 Å². The Hall–Kier alpha value is -2.07. The molecular formula is C26H33NO3. The van der Waals surface area contributed by atoms with Gasteiger partial charge in [-0.05, 0) is 99.8 Å². The van der Waals surface area contributed by atoms with Gasteiger partial charge in [-0.2, -0.15) is 0 Å². The smallest absolute Gasteiger partial charge is 0.338 e. The highest BCUT2D eigenvalue weighted by molar-refractivity contribution is 5.89. The molecule has 0 amide bonds. The second kappa shape index (κ2) is 7.88. The molecule has 0 radical (unpaired) electrons. The largest absolute Gasteiger partial charge is 0.462 e. The number of hydrogen-bond acceptors (Lipinski definition) is 4. The van der Waals surface area contributed by atoms with Crippen LogP contribution in [0.3, 0.4) is 0 Å². The van der Waals surface area contributed by atoms with Crippen molar-refractivity contribution >= 4 is 5.97 Å². The van der Waals surface area contributed by atoms with E-state index in [0.717, 1.165) is 41.4 Å². The third-order valence-corrected chi connectivity index (χ3v) is 7.93. The Morgan fingerprint density at radius 3 is 2.30 bits per heavy atom. The number of nitrogens with one attached hydrogen (secondary N) is 1. The number of carbonyl (C=O) groups excluding carboxylic acids is 1. The molecule has 4 nitrogen and oxygen atoms in total. The molecule has 0 aliphatic heterocycles. The number of furan rings is 1. The summed E-state index contributed by atoms with van der Waals surface area (Å²) >= 11 is 0. The molecule has 4 saturated carbocycles. The zero-order chi connectivity index (χ0) is 20.7. The zero-order valence-electron chi connectivity index (χ0n) is 18.2. The number of esters is 1. The second-order valence-electron chi connectivity index (χ2n) is 9.95. The summed E-state index contributed by atoms with van der Waals surface area (Å²) < 4.78 is 11.2.